The number of carbonyl (C=O) groups is 2. The van der Waals surface area contributed by atoms with Crippen molar-refractivity contribution >= 4 is 21.9 Å². The van der Waals surface area contributed by atoms with Gasteiger partial charge in [0.1, 0.15) is 21.0 Å². The Labute approximate surface area is 125 Å². The van der Waals surface area contributed by atoms with Crippen molar-refractivity contribution in [2.24, 2.45) is 5.92 Å². The van der Waals surface area contributed by atoms with Gasteiger partial charge in [-0.15, -0.1) is 0 Å². The van der Waals surface area contributed by atoms with Crippen LogP contribution in [0.25, 0.3) is 0 Å². The molecule has 0 aliphatic heterocycles. The lowest BCUT2D eigenvalue weighted by Crippen LogP contribution is -2.47. The first-order chi connectivity index (χ1) is 9.39. The highest BCUT2D eigenvalue weighted by molar-refractivity contribution is 7.90. The molecule has 1 aliphatic carbocycles. The van der Waals surface area contributed by atoms with E-state index in [0.29, 0.717) is 12.8 Å². The molecule has 0 saturated heterocycles. The number of amides is 1. The second-order valence-corrected chi connectivity index (χ2v) is 8.67. The van der Waals surface area contributed by atoms with Crippen molar-refractivity contribution in [1.82, 2.24) is 5.32 Å². The van der Waals surface area contributed by atoms with Crippen LogP contribution >= 0.6 is 0 Å². The van der Waals surface area contributed by atoms with Gasteiger partial charge in [0, 0.05) is 6.26 Å². The summed E-state index contributed by atoms with van der Waals surface area (Å²) in [5.74, 6) is -0.870. The number of sulfone groups is 1. The van der Waals surface area contributed by atoms with Crippen LogP contribution in [0.15, 0.2) is 0 Å². The lowest BCUT2D eigenvalue weighted by molar-refractivity contribution is -0.144. The summed E-state index contributed by atoms with van der Waals surface area (Å²) < 4.78 is 32.2. The Morgan fingerprint density at radius 2 is 1.90 bits per heavy atom. The number of ether oxygens (including phenoxy) is 2. The van der Waals surface area contributed by atoms with E-state index in [1.807, 2.05) is 0 Å². The minimum absolute atomic E-state index is 0.0353. The molecule has 1 rings (SSSR count). The van der Waals surface area contributed by atoms with Crippen LogP contribution in [0, 0.1) is 5.92 Å². The van der Waals surface area contributed by atoms with Crippen LogP contribution < -0.4 is 5.32 Å². The Hall–Kier alpha value is -1.31. The third-order valence-corrected chi connectivity index (χ3v) is 4.19. The fraction of sp³-hybridized carbons (Fsp3) is 0.846. The van der Waals surface area contributed by atoms with Crippen molar-refractivity contribution in [3.63, 3.8) is 0 Å². The highest BCUT2D eigenvalue weighted by atomic mass is 32.2. The average Bonchev–Trinajstić information content (AvgIpc) is 2.96. The number of hydrogen-bond acceptors (Lipinski definition) is 6. The predicted octanol–water partition coefficient (Wildman–Crippen LogP) is 0.877. The number of nitrogens with one attached hydrogen (secondary N) is 1. The molecule has 1 saturated carbocycles. The molecule has 0 heterocycles. The zero-order valence-corrected chi connectivity index (χ0v) is 13.9. The standard InChI is InChI=1S/C13H23NO6S/c1-12(2,3)20-11(16)14-13(10(15)19-4)8-9(13)6-7-21(5,17)18/h9H,6-8H2,1-5H3,(H,14,16)/t9-,13-/m1/s1. The van der Waals surface area contributed by atoms with E-state index < -0.39 is 33.0 Å². The van der Waals surface area contributed by atoms with E-state index in [9.17, 15) is 18.0 Å². The van der Waals surface area contributed by atoms with Crippen LogP contribution in [-0.2, 0) is 24.1 Å². The molecule has 1 fully saturated rings. The van der Waals surface area contributed by atoms with Crippen molar-refractivity contribution in [2.45, 2.75) is 44.8 Å². The van der Waals surface area contributed by atoms with Gasteiger partial charge < -0.3 is 14.8 Å². The Morgan fingerprint density at radius 1 is 1.33 bits per heavy atom. The van der Waals surface area contributed by atoms with Gasteiger partial charge in [-0.05, 0) is 39.5 Å². The van der Waals surface area contributed by atoms with E-state index in [-0.39, 0.29) is 11.7 Å². The SMILES string of the molecule is COC(=O)[C@@]1(NC(=O)OC(C)(C)C)C[C@H]1CCS(C)(=O)=O. The molecule has 0 aromatic heterocycles. The third kappa shape index (κ3) is 5.18. The van der Waals surface area contributed by atoms with Crippen LogP contribution in [0.1, 0.15) is 33.6 Å². The highest BCUT2D eigenvalue weighted by Crippen LogP contribution is 2.47. The van der Waals surface area contributed by atoms with Gasteiger partial charge in [-0.3, -0.25) is 0 Å². The molecule has 1 aliphatic rings. The number of methoxy groups -OCH3 is 1. The molecule has 0 aromatic carbocycles. The summed E-state index contributed by atoms with van der Waals surface area (Å²) in [7, 11) is -1.89. The highest BCUT2D eigenvalue weighted by Gasteiger charge is 2.62. The van der Waals surface area contributed by atoms with E-state index in [0.717, 1.165) is 6.26 Å². The van der Waals surface area contributed by atoms with Crippen LogP contribution in [0.5, 0.6) is 0 Å². The number of carbonyl (C=O) groups excluding carboxylic acids is 2. The van der Waals surface area contributed by atoms with E-state index in [1.165, 1.54) is 7.11 Å². The maximum atomic E-state index is 11.9. The molecule has 0 bridgehead atoms. The topological polar surface area (TPSA) is 98.8 Å². The number of esters is 1. The van der Waals surface area contributed by atoms with E-state index in [1.54, 1.807) is 20.8 Å². The van der Waals surface area contributed by atoms with Crippen molar-refractivity contribution in [1.29, 1.82) is 0 Å². The van der Waals surface area contributed by atoms with Gasteiger partial charge in [0.05, 0.1) is 12.9 Å². The lowest BCUT2D eigenvalue weighted by atomic mass is 10.1. The van der Waals surface area contributed by atoms with Gasteiger partial charge >= 0.3 is 12.1 Å². The summed E-state index contributed by atoms with van der Waals surface area (Å²) in [6, 6.07) is 0. The molecule has 8 heteroatoms. The van der Waals surface area contributed by atoms with Crippen molar-refractivity contribution in [3.05, 3.63) is 0 Å². The monoisotopic (exact) mass is 321 g/mol. The van der Waals surface area contributed by atoms with Gasteiger partial charge in [-0.1, -0.05) is 0 Å². The third-order valence-electron chi connectivity index (χ3n) is 3.22. The fourth-order valence-corrected chi connectivity index (χ4v) is 2.87. The van der Waals surface area contributed by atoms with Gasteiger partial charge in [0.15, 0.2) is 0 Å². The van der Waals surface area contributed by atoms with Crippen LogP contribution in [0.2, 0.25) is 0 Å². The lowest BCUT2D eigenvalue weighted by Gasteiger charge is -2.23. The van der Waals surface area contributed by atoms with E-state index in [4.69, 9.17) is 9.47 Å². The molecule has 1 N–H and O–H groups in total. The molecule has 0 spiro atoms. The molecular weight excluding hydrogens is 298 g/mol. The fourth-order valence-electron chi connectivity index (χ4n) is 2.16. The quantitative estimate of drug-likeness (QED) is 0.755. The van der Waals surface area contributed by atoms with Crippen LogP contribution in [0.3, 0.4) is 0 Å². The zero-order chi connectivity index (χ0) is 16.5. The first-order valence-corrected chi connectivity index (χ1v) is 8.73. The molecule has 7 nitrogen and oxygen atoms in total. The normalized spacial score (nSPS) is 25.1. The number of hydrogen-bond donors (Lipinski definition) is 1. The molecule has 0 aromatic rings. The maximum Gasteiger partial charge on any atom is 0.408 e. The largest absolute Gasteiger partial charge is 0.467 e. The maximum absolute atomic E-state index is 11.9. The van der Waals surface area contributed by atoms with Crippen molar-refractivity contribution in [2.75, 3.05) is 19.1 Å². The molecule has 21 heavy (non-hydrogen) atoms. The average molecular weight is 321 g/mol. The summed E-state index contributed by atoms with van der Waals surface area (Å²) in [5, 5.41) is 2.53. The summed E-state index contributed by atoms with van der Waals surface area (Å²) >= 11 is 0. The minimum Gasteiger partial charge on any atom is -0.467 e. The number of rotatable bonds is 5. The first kappa shape index (κ1) is 17.7. The minimum atomic E-state index is -3.12. The second kappa shape index (κ2) is 5.82. The molecule has 122 valence electrons. The molecular formula is C13H23NO6S. The van der Waals surface area contributed by atoms with Gasteiger partial charge in [0.25, 0.3) is 0 Å². The Morgan fingerprint density at radius 3 is 2.33 bits per heavy atom. The second-order valence-electron chi connectivity index (χ2n) is 6.41. The Kier molecular flexibility index (Phi) is 4.92. The Bertz CT molecular complexity index is 521. The Balaban J connectivity index is 2.71. The van der Waals surface area contributed by atoms with Gasteiger partial charge in [0.2, 0.25) is 0 Å². The number of alkyl carbamates (subject to hydrolysis) is 1. The summed E-state index contributed by atoms with van der Waals surface area (Å²) in [6.07, 6.45) is 1.07. The molecule has 1 amide bonds. The summed E-state index contributed by atoms with van der Waals surface area (Å²) in [4.78, 5) is 23.7. The summed E-state index contributed by atoms with van der Waals surface area (Å²) in [6.45, 7) is 5.14. The van der Waals surface area contributed by atoms with Crippen molar-refractivity contribution < 1.29 is 27.5 Å². The van der Waals surface area contributed by atoms with Crippen LogP contribution in [-0.4, -0.2) is 50.7 Å². The van der Waals surface area contributed by atoms with Crippen LogP contribution in [0.4, 0.5) is 4.79 Å². The summed E-state index contributed by atoms with van der Waals surface area (Å²) in [5.41, 5.74) is -1.85. The smallest absolute Gasteiger partial charge is 0.408 e. The molecule has 2 atom stereocenters. The molecule has 0 unspecified atom stereocenters. The predicted molar refractivity (Wildman–Crippen MR) is 76.6 cm³/mol. The van der Waals surface area contributed by atoms with E-state index in [2.05, 4.69) is 5.32 Å². The molecule has 0 radical (unpaired) electrons. The van der Waals surface area contributed by atoms with Crippen molar-refractivity contribution in [3.8, 4) is 0 Å². The zero-order valence-electron chi connectivity index (χ0n) is 13.1. The van der Waals surface area contributed by atoms with Gasteiger partial charge in [-0.25, -0.2) is 18.0 Å². The van der Waals surface area contributed by atoms with E-state index >= 15 is 0 Å². The first-order valence-electron chi connectivity index (χ1n) is 6.67. The van der Waals surface area contributed by atoms with Gasteiger partial charge in [-0.2, -0.15) is 0 Å².